The zero-order valence-electron chi connectivity index (χ0n) is 11.1. The van der Waals surface area contributed by atoms with Gasteiger partial charge in [-0.3, -0.25) is 23.5 Å². The monoisotopic (exact) mass is 318 g/mol. The summed E-state index contributed by atoms with van der Waals surface area (Å²) in [7, 11) is 0. The highest BCUT2D eigenvalue weighted by Gasteiger charge is 2.26. The topological polar surface area (TPSA) is 109 Å². The highest BCUT2D eigenvalue weighted by atomic mass is 32.2. The van der Waals surface area contributed by atoms with Crippen LogP contribution in [0, 0.1) is 0 Å². The number of ketones is 2. The van der Waals surface area contributed by atoms with Crippen LogP contribution in [0.2, 0.25) is 0 Å². The Hall–Kier alpha value is -2.48. The molecule has 22 heavy (non-hydrogen) atoms. The summed E-state index contributed by atoms with van der Waals surface area (Å²) in [5, 5.41) is 1.94. The molecule has 0 heterocycles. The number of carbonyl (C=O) groups is 3. The van der Waals surface area contributed by atoms with Crippen LogP contribution in [0.3, 0.4) is 0 Å². The lowest BCUT2D eigenvalue weighted by Crippen LogP contribution is -2.22. The number of benzene rings is 1. The third kappa shape index (κ3) is 3.06. The Morgan fingerprint density at radius 1 is 1.09 bits per heavy atom. The molecule has 2 N–H and O–H groups in total. The molecule has 0 aliphatic heterocycles. The van der Waals surface area contributed by atoms with Crippen LogP contribution < -0.4 is 10.4 Å². The van der Waals surface area contributed by atoms with E-state index < -0.39 is 22.9 Å². The summed E-state index contributed by atoms with van der Waals surface area (Å²) in [6.45, 7) is 0. The number of rotatable bonds is 2. The molecule has 2 aliphatic carbocycles. The summed E-state index contributed by atoms with van der Waals surface area (Å²) in [6.07, 6.45) is 5.00. The zero-order valence-corrected chi connectivity index (χ0v) is 11.9. The van der Waals surface area contributed by atoms with Crippen LogP contribution in [0.5, 0.6) is 0 Å². The maximum atomic E-state index is 11.7. The van der Waals surface area contributed by atoms with Crippen LogP contribution in [-0.4, -0.2) is 31.2 Å². The molecule has 0 fully saturated rings. The molecule has 0 amide bonds. The van der Waals surface area contributed by atoms with Crippen LogP contribution in [0.25, 0.3) is 11.6 Å². The van der Waals surface area contributed by atoms with E-state index in [0.29, 0.717) is 5.57 Å². The molecular formula is C15H10O6S. The minimum atomic E-state index is -2.61. The molecule has 0 atom stereocenters. The quantitative estimate of drug-likeness (QED) is 0.330. The van der Waals surface area contributed by atoms with Crippen molar-refractivity contribution < 1.29 is 27.7 Å². The second-order valence-electron chi connectivity index (χ2n) is 4.34. The number of aldehydes is 1. The summed E-state index contributed by atoms with van der Waals surface area (Å²) in [5.41, 5.74) is 1.36. The summed E-state index contributed by atoms with van der Waals surface area (Å²) in [4.78, 5) is 33.9. The molecule has 1 aromatic rings. The number of carbonyl (C=O) groups excluding carboxylic acids is 3. The van der Waals surface area contributed by atoms with Crippen molar-refractivity contribution in [3.8, 4) is 0 Å². The van der Waals surface area contributed by atoms with Gasteiger partial charge in [0.2, 0.25) is 5.78 Å². The number of allylic oxidation sites excluding steroid dienone is 4. The van der Waals surface area contributed by atoms with E-state index in [1.807, 2.05) is 24.3 Å². The van der Waals surface area contributed by atoms with E-state index in [9.17, 15) is 14.4 Å². The Labute approximate surface area is 127 Å². The van der Waals surface area contributed by atoms with Crippen LogP contribution in [0.15, 0.2) is 47.6 Å². The van der Waals surface area contributed by atoms with E-state index in [-0.39, 0.29) is 11.9 Å². The van der Waals surface area contributed by atoms with Crippen LogP contribution in [0.4, 0.5) is 0 Å². The van der Waals surface area contributed by atoms with Gasteiger partial charge in [-0.15, -0.1) is 0 Å². The molecule has 0 radical (unpaired) electrons. The van der Waals surface area contributed by atoms with E-state index in [1.54, 1.807) is 12.2 Å². The minimum Gasteiger partial charge on any atom is -0.294 e. The number of hydrogen-bond acceptors (Lipinski definition) is 4. The lowest BCUT2D eigenvalue weighted by atomic mass is 9.91. The number of Topliss-reactive ketones (excluding diaryl/α,β-unsaturated/α-hetero) is 1. The summed E-state index contributed by atoms with van der Waals surface area (Å²) < 4.78 is 22.8. The average Bonchev–Trinajstić information content (AvgIpc) is 2.84. The van der Waals surface area contributed by atoms with Crippen molar-refractivity contribution in [3.63, 3.8) is 0 Å². The minimum absolute atomic E-state index is 0.0290. The Morgan fingerprint density at radius 3 is 2.36 bits per heavy atom. The van der Waals surface area contributed by atoms with Crippen molar-refractivity contribution in [1.82, 2.24) is 0 Å². The lowest BCUT2D eigenvalue weighted by Gasteiger charge is -2.10. The largest absolute Gasteiger partial charge is 0.299 e. The van der Waals surface area contributed by atoms with Crippen LogP contribution in [0.1, 0.15) is 0 Å². The second kappa shape index (κ2) is 6.52. The Bertz CT molecular complexity index is 862. The van der Waals surface area contributed by atoms with Gasteiger partial charge in [0.1, 0.15) is 0 Å². The lowest BCUT2D eigenvalue weighted by molar-refractivity contribution is -0.128. The van der Waals surface area contributed by atoms with E-state index in [1.165, 1.54) is 6.08 Å². The SMILES string of the molecule is O=CC(=O)C1=C2C=c3ccccc3=C2C=CC1=O.O=S(O)O. The molecule has 0 aromatic heterocycles. The first-order valence-corrected chi connectivity index (χ1v) is 7.09. The normalized spacial score (nSPS) is 14.9. The Balaban J connectivity index is 0.000000396. The van der Waals surface area contributed by atoms with Gasteiger partial charge < -0.3 is 0 Å². The van der Waals surface area contributed by atoms with Gasteiger partial charge in [0.25, 0.3) is 11.4 Å². The van der Waals surface area contributed by atoms with Crippen LogP contribution in [-0.2, 0) is 25.7 Å². The first-order chi connectivity index (χ1) is 10.5. The van der Waals surface area contributed by atoms with Crippen molar-refractivity contribution in [2.24, 2.45) is 0 Å². The molecule has 7 heteroatoms. The van der Waals surface area contributed by atoms with Gasteiger partial charge in [-0.25, -0.2) is 0 Å². The van der Waals surface area contributed by atoms with Crippen LogP contribution >= 0.6 is 0 Å². The number of fused-ring (bicyclic) bond motifs is 2. The van der Waals surface area contributed by atoms with E-state index in [4.69, 9.17) is 13.3 Å². The third-order valence-corrected chi connectivity index (χ3v) is 3.11. The number of hydrogen-bond donors (Lipinski definition) is 2. The second-order valence-corrected chi connectivity index (χ2v) is 4.81. The molecule has 0 saturated carbocycles. The molecule has 112 valence electrons. The fraction of sp³-hybridized carbons (Fsp3) is 0. The molecule has 2 aliphatic rings. The van der Waals surface area contributed by atoms with Gasteiger partial charge in [-0.1, -0.05) is 24.3 Å². The summed E-state index contributed by atoms with van der Waals surface area (Å²) in [5.74, 6) is -1.17. The van der Waals surface area contributed by atoms with Gasteiger partial charge in [0.05, 0.1) is 5.57 Å². The maximum absolute atomic E-state index is 11.7. The summed E-state index contributed by atoms with van der Waals surface area (Å²) >= 11 is -2.61. The molecule has 0 saturated heterocycles. The van der Waals surface area contributed by atoms with E-state index in [0.717, 1.165) is 16.0 Å². The van der Waals surface area contributed by atoms with Crippen molar-refractivity contribution in [2.45, 2.75) is 0 Å². The van der Waals surface area contributed by atoms with Gasteiger partial charge in [-0.05, 0) is 39.8 Å². The molecule has 0 unspecified atom stereocenters. The molecular weight excluding hydrogens is 308 g/mol. The first-order valence-electron chi connectivity index (χ1n) is 6.03. The average molecular weight is 318 g/mol. The van der Waals surface area contributed by atoms with Gasteiger partial charge in [0.15, 0.2) is 12.1 Å². The van der Waals surface area contributed by atoms with Crippen molar-refractivity contribution in [1.29, 1.82) is 0 Å². The Morgan fingerprint density at radius 2 is 1.73 bits per heavy atom. The zero-order chi connectivity index (χ0) is 16.3. The molecule has 3 rings (SSSR count). The fourth-order valence-corrected chi connectivity index (χ4v) is 2.32. The highest BCUT2D eigenvalue weighted by molar-refractivity contribution is 7.73. The smallest absolute Gasteiger partial charge is 0.294 e. The highest BCUT2D eigenvalue weighted by Crippen LogP contribution is 2.25. The standard InChI is InChI=1S/C15H8O3.H2O3S/c16-8-14(18)15-12-7-9-3-1-2-4-10(9)11(12)5-6-13(15)17;1-4(2)3/h1-8H;(H2,1,2,3). The molecule has 0 spiro atoms. The molecule has 1 aromatic carbocycles. The van der Waals surface area contributed by atoms with Gasteiger partial charge in [0, 0.05) is 0 Å². The van der Waals surface area contributed by atoms with E-state index >= 15 is 0 Å². The molecule has 6 nitrogen and oxygen atoms in total. The molecule has 0 bridgehead atoms. The fourth-order valence-electron chi connectivity index (χ4n) is 2.32. The van der Waals surface area contributed by atoms with E-state index in [2.05, 4.69) is 0 Å². The maximum Gasteiger partial charge on any atom is 0.299 e. The Kier molecular flexibility index (Phi) is 4.71. The van der Waals surface area contributed by atoms with Gasteiger partial charge >= 0.3 is 0 Å². The van der Waals surface area contributed by atoms with Gasteiger partial charge in [-0.2, -0.15) is 4.21 Å². The van der Waals surface area contributed by atoms with Crippen molar-refractivity contribution >= 4 is 40.9 Å². The van der Waals surface area contributed by atoms with Crippen molar-refractivity contribution in [3.05, 3.63) is 58.0 Å². The summed E-state index contributed by atoms with van der Waals surface area (Å²) in [6, 6.07) is 7.63. The predicted molar refractivity (Wildman–Crippen MR) is 79.2 cm³/mol. The predicted octanol–water partition coefficient (Wildman–Crippen LogP) is -0.484. The van der Waals surface area contributed by atoms with Crippen molar-refractivity contribution in [2.75, 3.05) is 0 Å². The first kappa shape index (κ1) is 15.9. The third-order valence-electron chi connectivity index (χ3n) is 3.11.